The molecule has 0 saturated carbocycles. The summed E-state index contributed by atoms with van der Waals surface area (Å²) < 4.78 is 1.85. The van der Waals surface area contributed by atoms with E-state index in [1.807, 2.05) is 0 Å². The summed E-state index contributed by atoms with van der Waals surface area (Å²) in [4.78, 5) is 23.5. The number of H-pyrrole nitrogens is 1. The van der Waals surface area contributed by atoms with Crippen LogP contribution in [0.15, 0.2) is 32.3 Å². The zero-order chi connectivity index (χ0) is 11.7. The lowest BCUT2D eigenvalue weighted by Crippen LogP contribution is -2.30. The summed E-state index contributed by atoms with van der Waals surface area (Å²) in [6, 6.07) is 4.89. The molecule has 84 valence electrons. The van der Waals surface area contributed by atoms with Gasteiger partial charge in [0.1, 0.15) is 0 Å². The number of nitrogens with zero attached hydrogens (tertiary/aromatic N) is 1. The number of hydrogen-bond donors (Lipinski definition) is 2. The molecule has 0 unspecified atom stereocenters. The second-order valence-corrected chi connectivity index (χ2v) is 4.23. The third kappa shape index (κ3) is 1.81. The average Bonchev–Trinajstić information content (AvgIpc) is 2.26. The maximum absolute atomic E-state index is 11.8. The first-order chi connectivity index (χ1) is 7.63. The van der Waals surface area contributed by atoms with E-state index in [4.69, 9.17) is 5.11 Å². The monoisotopic (exact) mass is 284 g/mol. The van der Waals surface area contributed by atoms with Gasteiger partial charge in [0.15, 0.2) is 0 Å². The van der Waals surface area contributed by atoms with E-state index in [0.717, 1.165) is 9.15 Å². The highest BCUT2D eigenvalue weighted by Crippen LogP contribution is 2.13. The van der Waals surface area contributed by atoms with Gasteiger partial charge in [-0.1, -0.05) is 15.9 Å². The zero-order valence-corrected chi connectivity index (χ0v) is 9.82. The molecule has 5 nitrogen and oxygen atoms in total. The van der Waals surface area contributed by atoms with Crippen LogP contribution in [0.25, 0.3) is 10.8 Å². The van der Waals surface area contributed by atoms with Gasteiger partial charge in [0.2, 0.25) is 0 Å². The highest BCUT2D eigenvalue weighted by atomic mass is 79.9. The third-order valence-electron chi connectivity index (χ3n) is 2.26. The lowest BCUT2D eigenvalue weighted by Gasteiger charge is -2.04. The molecule has 1 aromatic heterocycles. The Balaban J connectivity index is 2.85. The van der Waals surface area contributed by atoms with Gasteiger partial charge < -0.3 is 5.11 Å². The van der Waals surface area contributed by atoms with Crippen molar-refractivity contribution in [3.63, 3.8) is 0 Å². The van der Waals surface area contributed by atoms with E-state index in [1.54, 1.807) is 18.2 Å². The first kappa shape index (κ1) is 11.1. The summed E-state index contributed by atoms with van der Waals surface area (Å²) in [6.45, 7) is -0.113. The molecule has 2 N–H and O–H groups in total. The summed E-state index contributed by atoms with van der Waals surface area (Å²) in [5.74, 6) is 0. The van der Waals surface area contributed by atoms with Crippen molar-refractivity contribution in [2.75, 3.05) is 6.61 Å². The van der Waals surface area contributed by atoms with Crippen LogP contribution in [0.3, 0.4) is 0 Å². The number of aliphatic hydroxyl groups excluding tert-OH is 1. The Bertz CT molecular complexity index is 645. The molecule has 6 heteroatoms. The molecule has 0 spiro atoms. The molecule has 0 aliphatic carbocycles. The SMILES string of the molecule is O=c1[nH]n(CCO)c(=O)c2ccc(Br)cc12. The Morgan fingerprint density at radius 3 is 2.75 bits per heavy atom. The highest BCUT2D eigenvalue weighted by Gasteiger charge is 2.06. The minimum absolute atomic E-state index is 0.0834. The number of aliphatic hydroxyl groups is 1. The van der Waals surface area contributed by atoms with Crippen molar-refractivity contribution in [1.29, 1.82) is 0 Å². The van der Waals surface area contributed by atoms with Gasteiger partial charge in [0.05, 0.1) is 23.9 Å². The van der Waals surface area contributed by atoms with Crippen LogP contribution in [-0.4, -0.2) is 21.5 Å². The molecular formula is C10H9BrN2O3. The van der Waals surface area contributed by atoms with Crippen LogP contribution in [0.4, 0.5) is 0 Å². The summed E-state index contributed by atoms with van der Waals surface area (Å²) in [7, 11) is 0. The normalized spacial score (nSPS) is 10.9. The van der Waals surface area contributed by atoms with Crippen LogP contribution in [0.5, 0.6) is 0 Å². The summed E-state index contributed by atoms with van der Waals surface area (Å²) in [5.41, 5.74) is -0.652. The van der Waals surface area contributed by atoms with E-state index >= 15 is 0 Å². The van der Waals surface area contributed by atoms with E-state index in [1.165, 1.54) is 0 Å². The van der Waals surface area contributed by atoms with Gasteiger partial charge in [0.25, 0.3) is 11.1 Å². The molecule has 1 heterocycles. The fourth-order valence-electron chi connectivity index (χ4n) is 1.53. The van der Waals surface area contributed by atoms with Gasteiger partial charge in [-0.2, -0.15) is 0 Å². The van der Waals surface area contributed by atoms with Crippen LogP contribution < -0.4 is 11.1 Å². The van der Waals surface area contributed by atoms with E-state index in [9.17, 15) is 9.59 Å². The second-order valence-electron chi connectivity index (χ2n) is 3.31. The van der Waals surface area contributed by atoms with Gasteiger partial charge in [-0.3, -0.25) is 14.7 Å². The minimum atomic E-state index is -0.343. The predicted octanol–water partition coefficient (Wildman–Crippen LogP) is 0.445. The van der Waals surface area contributed by atoms with Crippen molar-refractivity contribution in [2.24, 2.45) is 0 Å². The zero-order valence-electron chi connectivity index (χ0n) is 8.24. The Kier molecular flexibility index (Phi) is 2.93. The lowest BCUT2D eigenvalue weighted by molar-refractivity contribution is 0.266. The number of fused-ring (bicyclic) bond motifs is 1. The first-order valence-electron chi connectivity index (χ1n) is 4.66. The summed E-state index contributed by atoms with van der Waals surface area (Å²) in [5, 5.41) is 11.9. The van der Waals surface area contributed by atoms with Crippen molar-refractivity contribution < 1.29 is 5.11 Å². The van der Waals surface area contributed by atoms with Crippen LogP contribution in [0.2, 0.25) is 0 Å². The van der Waals surface area contributed by atoms with E-state index in [-0.39, 0.29) is 24.3 Å². The van der Waals surface area contributed by atoms with E-state index in [2.05, 4.69) is 21.0 Å². The molecule has 0 fully saturated rings. The molecule has 0 amide bonds. The predicted molar refractivity (Wildman–Crippen MR) is 63.6 cm³/mol. The third-order valence-corrected chi connectivity index (χ3v) is 2.76. The van der Waals surface area contributed by atoms with Crippen molar-refractivity contribution in [2.45, 2.75) is 6.54 Å². The summed E-state index contributed by atoms with van der Waals surface area (Å²) >= 11 is 3.24. The van der Waals surface area contributed by atoms with Gasteiger partial charge >= 0.3 is 0 Å². The number of hydrogen-bond acceptors (Lipinski definition) is 3. The molecule has 0 saturated heterocycles. The minimum Gasteiger partial charge on any atom is -0.394 e. The van der Waals surface area contributed by atoms with Gasteiger partial charge in [-0.05, 0) is 18.2 Å². The second kappa shape index (κ2) is 4.23. The Morgan fingerprint density at radius 2 is 2.06 bits per heavy atom. The number of rotatable bonds is 2. The lowest BCUT2D eigenvalue weighted by atomic mass is 10.2. The topological polar surface area (TPSA) is 75.1 Å². The quantitative estimate of drug-likeness (QED) is 0.841. The van der Waals surface area contributed by atoms with Gasteiger partial charge in [-0.25, -0.2) is 4.68 Å². The standard InChI is InChI=1S/C10H9BrN2O3/c11-6-1-2-7-8(5-6)9(15)12-13(3-4-14)10(7)16/h1-2,5,14H,3-4H2,(H,12,15). The van der Waals surface area contributed by atoms with Crippen molar-refractivity contribution in [3.05, 3.63) is 43.4 Å². The van der Waals surface area contributed by atoms with Gasteiger partial charge in [0, 0.05) is 4.47 Å². The van der Waals surface area contributed by atoms with Crippen molar-refractivity contribution >= 4 is 26.7 Å². The van der Waals surface area contributed by atoms with Crippen LogP contribution in [0.1, 0.15) is 0 Å². The molecule has 16 heavy (non-hydrogen) atoms. The molecule has 2 rings (SSSR count). The molecule has 0 aliphatic rings. The fourth-order valence-corrected chi connectivity index (χ4v) is 1.89. The molecule has 0 aliphatic heterocycles. The molecule has 0 radical (unpaired) electrons. The molecular weight excluding hydrogens is 276 g/mol. The molecule has 1 aromatic carbocycles. The number of halogens is 1. The van der Waals surface area contributed by atoms with Crippen molar-refractivity contribution in [1.82, 2.24) is 9.78 Å². The number of aromatic amines is 1. The maximum atomic E-state index is 11.8. The average molecular weight is 285 g/mol. The molecule has 0 atom stereocenters. The first-order valence-corrected chi connectivity index (χ1v) is 5.46. The Hall–Kier alpha value is -1.40. The molecule has 0 bridgehead atoms. The molecule has 2 aromatic rings. The van der Waals surface area contributed by atoms with Crippen LogP contribution in [-0.2, 0) is 6.54 Å². The number of nitrogens with one attached hydrogen (secondary N) is 1. The van der Waals surface area contributed by atoms with Crippen molar-refractivity contribution in [3.8, 4) is 0 Å². The van der Waals surface area contributed by atoms with E-state index in [0.29, 0.717) is 10.8 Å². The van der Waals surface area contributed by atoms with E-state index < -0.39 is 0 Å². The Labute approximate surface area is 98.4 Å². The fraction of sp³-hybridized carbons (Fsp3) is 0.200. The maximum Gasteiger partial charge on any atom is 0.273 e. The number of aromatic nitrogens is 2. The van der Waals surface area contributed by atoms with Crippen LogP contribution >= 0.6 is 15.9 Å². The summed E-state index contributed by atoms with van der Waals surface area (Å²) in [6.07, 6.45) is 0. The number of benzene rings is 1. The smallest absolute Gasteiger partial charge is 0.273 e. The largest absolute Gasteiger partial charge is 0.394 e. The highest BCUT2D eigenvalue weighted by molar-refractivity contribution is 9.10. The van der Waals surface area contributed by atoms with Gasteiger partial charge in [-0.15, -0.1) is 0 Å². The Morgan fingerprint density at radius 1 is 1.31 bits per heavy atom. The van der Waals surface area contributed by atoms with Crippen LogP contribution in [0, 0.1) is 0 Å².